The lowest BCUT2D eigenvalue weighted by Crippen LogP contribution is -2.18. The molecule has 1 aliphatic rings. The molecule has 0 saturated carbocycles. The van der Waals surface area contributed by atoms with Gasteiger partial charge >= 0.3 is 0 Å². The van der Waals surface area contributed by atoms with Gasteiger partial charge in [-0.3, -0.25) is 4.79 Å². The van der Waals surface area contributed by atoms with Crippen molar-refractivity contribution in [3.63, 3.8) is 0 Å². The summed E-state index contributed by atoms with van der Waals surface area (Å²) in [7, 11) is 0. The van der Waals surface area contributed by atoms with Crippen molar-refractivity contribution in [2.45, 2.75) is 37.6 Å². The van der Waals surface area contributed by atoms with Crippen molar-refractivity contribution in [1.29, 1.82) is 0 Å². The van der Waals surface area contributed by atoms with Crippen LogP contribution in [0.1, 0.15) is 18.6 Å². The van der Waals surface area contributed by atoms with E-state index in [0.29, 0.717) is 23.3 Å². The van der Waals surface area contributed by atoms with E-state index in [2.05, 4.69) is 26.0 Å². The molecule has 9 nitrogen and oxygen atoms in total. The quantitative estimate of drug-likeness (QED) is 0.780. The fraction of sp³-hybridized carbons (Fsp3) is 0.583. The number of nitrogens with zero attached hydrogens (tertiary/aromatic N) is 5. The lowest BCUT2D eigenvalue weighted by molar-refractivity contribution is -0.113. The van der Waals surface area contributed by atoms with Crippen molar-refractivity contribution in [2.24, 2.45) is 0 Å². The van der Waals surface area contributed by atoms with Gasteiger partial charge in [0.15, 0.2) is 5.82 Å². The van der Waals surface area contributed by atoms with Crippen molar-refractivity contribution >= 4 is 23.5 Å². The van der Waals surface area contributed by atoms with Crippen LogP contribution in [0.2, 0.25) is 0 Å². The Bertz CT molecular complexity index is 636. The average Bonchev–Trinajstić information content (AvgIpc) is 3.21. The molecule has 0 aliphatic carbocycles. The molecular formula is C12H16N6O3S. The first kappa shape index (κ1) is 15.0. The number of anilines is 1. The van der Waals surface area contributed by atoms with E-state index < -0.39 is 0 Å². The number of nitrogens with one attached hydrogen (secondary N) is 1. The zero-order valence-corrected chi connectivity index (χ0v) is 12.9. The smallest absolute Gasteiger partial charge is 0.236 e. The second-order valence-corrected chi connectivity index (χ2v) is 5.88. The monoisotopic (exact) mass is 324 g/mol. The van der Waals surface area contributed by atoms with Crippen LogP contribution in [0, 0.1) is 6.92 Å². The maximum Gasteiger partial charge on any atom is 0.236 e. The lowest BCUT2D eigenvalue weighted by Gasteiger charge is -2.09. The van der Waals surface area contributed by atoms with Crippen LogP contribution in [0.25, 0.3) is 0 Å². The van der Waals surface area contributed by atoms with Gasteiger partial charge in [0.25, 0.3) is 0 Å². The highest BCUT2D eigenvalue weighted by Crippen LogP contribution is 2.18. The first-order valence-corrected chi connectivity index (χ1v) is 7.93. The Balaban J connectivity index is 1.50. The van der Waals surface area contributed by atoms with Gasteiger partial charge in [-0.25, -0.2) is 4.68 Å². The fourth-order valence-electron chi connectivity index (χ4n) is 2.13. The van der Waals surface area contributed by atoms with E-state index in [1.54, 1.807) is 17.7 Å². The summed E-state index contributed by atoms with van der Waals surface area (Å²) in [6.07, 6.45) is 2.22. The number of ether oxygens (including phenoxy) is 1. The molecule has 2 aromatic heterocycles. The number of hydrogen-bond donors (Lipinski definition) is 1. The summed E-state index contributed by atoms with van der Waals surface area (Å²) in [6.45, 7) is 3.16. The normalized spacial score (nSPS) is 17.8. The predicted octanol–water partition coefficient (Wildman–Crippen LogP) is 0.879. The maximum absolute atomic E-state index is 11.9. The van der Waals surface area contributed by atoms with Crippen molar-refractivity contribution in [3.05, 3.63) is 11.8 Å². The van der Waals surface area contributed by atoms with Crippen LogP contribution in [0.4, 0.5) is 5.82 Å². The summed E-state index contributed by atoms with van der Waals surface area (Å²) in [4.78, 5) is 11.9. The first-order chi connectivity index (χ1) is 10.7. The van der Waals surface area contributed by atoms with Crippen LogP contribution in [-0.2, 0) is 16.1 Å². The number of amides is 1. The van der Waals surface area contributed by atoms with Gasteiger partial charge in [-0.15, -0.1) is 5.10 Å². The van der Waals surface area contributed by atoms with Crippen molar-refractivity contribution < 1.29 is 14.1 Å². The summed E-state index contributed by atoms with van der Waals surface area (Å²) in [5, 5.41) is 18.5. The van der Waals surface area contributed by atoms with E-state index >= 15 is 0 Å². The molecule has 10 heteroatoms. The highest BCUT2D eigenvalue weighted by molar-refractivity contribution is 7.99. The van der Waals surface area contributed by atoms with E-state index in [1.165, 1.54) is 11.8 Å². The lowest BCUT2D eigenvalue weighted by atomic mass is 10.2. The van der Waals surface area contributed by atoms with E-state index in [0.717, 1.165) is 19.4 Å². The molecule has 22 heavy (non-hydrogen) atoms. The SMILES string of the molecule is Cc1cc(NC(=O)CSc2nnnn2C[C@@H]2CCCO2)no1. The molecular weight excluding hydrogens is 308 g/mol. The average molecular weight is 324 g/mol. The van der Waals surface area contributed by atoms with Gasteiger partial charge in [0.2, 0.25) is 11.1 Å². The van der Waals surface area contributed by atoms with Crippen molar-refractivity contribution in [2.75, 3.05) is 17.7 Å². The molecule has 1 aliphatic heterocycles. The minimum atomic E-state index is -0.190. The van der Waals surface area contributed by atoms with Gasteiger partial charge in [-0.05, 0) is 30.2 Å². The van der Waals surface area contributed by atoms with Gasteiger partial charge in [-0.2, -0.15) is 0 Å². The number of aryl methyl sites for hydroxylation is 1. The predicted molar refractivity (Wildman–Crippen MR) is 77.4 cm³/mol. The number of hydrogen-bond acceptors (Lipinski definition) is 8. The third kappa shape index (κ3) is 3.83. The van der Waals surface area contributed by atoms with Crippen LogP contribution in [0.3, 0.4) is 0 Å². The maximum atomic E-state index is 11.9. The first-order valence-electron chi connectivity index (χ1n) is 6.94. The number of rotatable bonds is 6. The molecule has 1 fully saturated rings. The third-order valence-electron chi connectivity index (χ3n) is 3.13. The number of carbonyl (C=O) groups is 1. The Morgan fingerprint density at radius 2 is 2.50 bits per heavy atom. The van der Waals surface area contributed by atoms with Gasteiger partial charge in [0, 0.05) is 12.7 Å². The van der Waals surface area contributed by atoms with Crippen LogP contribution in [-0.4, -0.2) is 49.7 Å². The topological polar surface area (TPSA) is 108 Å². The molecule has 2 aromatic rings. The molecule has 3 heterocycles. The molecule has 1 amide bonds. The molecule has 0 unspecified atom stereocenters. The van der Waals surface area contributed by atoms with E-state index in [1.807, 2.05) is 0 Å². The van der Waals surface area contributed by atoms with Crippen molar-refractivity contribution in [3.8, 4) is 0 Å². The molecule has 1 N–H and O–H groups in total. The molecule has 0 bridgehead atoms. The highest BCUT2D eigenvalue weighted by Gasteiger charge is 2.19. The van der Waals surface area contributed by atoms with Gasteiger partial charge < -0.3 is 14.6 Å². The third-order valence-corrected chi connectivity index (χ3v) is 4.08. The zero-order valence-electron chi connectivity index (χ0n) is 12.1. The molecule has 118 valence electrons. The van der Waals surface area contributed by atoms with E-state index in [4.69, 9.17) is 9.26 Å². The minimum Gasteiger partial charge on any atom is -0.376 e. The van der Waals surface area contributed by atoms with Crippen LogP contribution in [0.15, 0.2) is 15.7 Å². The van der Waals surface area contributed by atoms with Gasteiger partial charge in [0.05, 0.1) is 18.4 Å². The number of carbonyl (C=O) groups excluding carboxylic acids is 1. The van der Waals surface area contributed by atoms with Crippen molar-refractivity contribution in [1.82, 2.24) is 25.4 Å². The van der Waals surface area contributed by atoms with Crippen LogP contribution >= 0.6 is 11.8 Å². The standard InChI is InChI=1S/C12H16N6O3S/c1-8-5-10(15-21-8)13-11(19)7-22-12-14-16-17-18(12)6-9-3-2-4-20-9/h5,9H,2-4,6-7H2,1H3,(H,13,15,19)/t9-/m0/s1. The summed E-state index contributed by atoms with van der Waals surface area (Å²) in [5.41, 5.74) is 0. The molecule has 0 aromatic carbocycles. The molecule has 0 spiro atoms. The Kier molecular flexibility index (Phi) is 4.68. The van der Waals surface area contributed by atoms with Crippen LogP contribution in [0.5, 0.6) is 0 Å². The summed E-state index contributed by atoms with van der Waals surface area (Å²) >= 11 is 1.27. The number of aromatic nitrogens is 5. The highest BCUT2D eigenvalue weighted by atomic mass is 32.2. The van der Waals surface area contributed by atoms with E-state index in [9.17, 15) is 4.79 Å². The number of tetrazole rings is 1. The second-order valence-electron chi connectivity index (χ2n) is 4.94. The molecule has 1 atom stereocenters. The Hall–Kier alpha value is -1.94. The van der Waals surface area contributed by atoms with Gasteiger partial charge in [0.1, 0.15) is 5.76 Å². The van der Waals surface area contributed by atoms with Crippen LogP contribution < -0.4 is 5.32 Å². The number of thioether (sulfide) groups is 1. The Labute approximate surface area is 130 Å². The molecule has 1 saturated heterocycles. The zero-order chi connectivity index (χ0) is 15.4. The fourth-order valence-corrected chi connectivity index (χ4v) is 2.82. The summed E-state index contributed by atoms with van der Waals surface area (Å²) in [5.74, 6) is 1.05. The largest absolute Gasteiger partial charge is 0.376 e. The Morgan fingerprint density at radius 1 is 1.59 bits per heavy atom. The summed E-state index contributed by atoms with van der Waals surface area (Å²) in [6, 6.07) is 1.66. The summed E-state index contributed by atoms with van der Waals surface area (Å²) < 4.78 is 12.1. The second kappa shape index (κ2) is 6.88. The van der Waals surface area contributed by atoms with E-state index in [-0.39, 0.29) is 17.8 Å². The molecule has 3 rings (SSSR count). The van der Waals surface area contributed by atoms with Gasteiger partial charge in [-0.1, -0.05) is 16.9 Å². The Morgan fingerprint density at radius 3 is 3.23 bits per heavy atom. The molecule has 0 radical (unpaired) electrons. The minimum absolute atomic E-state index is 0.148.